The fraction of sp³-hybridized carbons (Fsp3) is 0.364. The predicted molar refractivity (Wildman–Crippen MR) is 109 cm³/mol. The number of carbonyl (C=O) groups excluding carboxylic acids is 3. The van der Waals surface area contributed by atoms with E-state index in [9.17, 15) is 24.3 Å². The van der Waals surface area contributed by atoms with Crippen molar-refractivity contribution in [1.29, 1.82) is 0 Å². The molecule has 8 heteroatoms. The molecule has 2 aromatic carbocycles. The maximum absolute atomic E-state index is 12.5. The Kier molecular flexibility index (Phi) is 8.34. The van der Waals surface area contributed by atoms with Crippen molar-refractivity contribution in [3.05, 3.63) is 48.0 Å². The van der Waals surface area contributed by atoms with E-state index in [4.69, 9.17) is 9.47 Å². The number of hydrogen-bond acceptors (Lipinski definition) is 6. The molecule has 2 atom stereocenters. The first-order valence-electron chi connectivity index (χ1n) is 9.67. The number of benzene rings is 2. The number of ether oxygens (including phenoxy) is 2. The molecule has 0 heterocycles. The molecule has 2 N–H and O–H groups in total. The van der Waals surface area contributed by atoms with E-state index in [1.54, 1.807) is 19.9 Å². The lowest BCUT2D eigenvalue weighted by Crippen LogP contribution is -2.50. The molecule has 0 bridgehead atoms. The molecule has 1 amide bonds. The summed E-state index contributed by atoms with van der Waals surface area (Å²) in [6, 6.07) is 11.5. The first kappa shape index (κ1) is 22.9. The van der Waals surface area contributed by atoms with Gasteiger partial charge in [0.15, 0.2) is 0 Å². The zero-order valence-electron chi connectivity index (χ0n) is 16.9. The van der Waals surface area contributed by atoms with Crippen LogP contribution in [0.15, 0.2) is 42.5 Å². The number of hydrogen-bond donors (Lipinski definition) is 2. The molecule has 8 nitrogen and oxygen atoms in total. The van der Waals surface area contributed by atoms with Gasteiger partial charge in [-0.15, -0.1) is 0 Å². The number of carbonyl (C=O) groups is 4. The van der Waals surface area contributed by atoms with E-state index in [-0.39, 0.29) is 19.6 Å². The van der Waals surface area contributed by atoms with Crippen LogP contribution in [0.4, 0.5) is 0 Å². The first-order valence-corrected chi connectivity index (χ1v) is 9.67. The molecule has 30 heavy (non-hydrogen) atoms. The van der Waals surface area contributed by atoms with Gasteiger partial charge in [-0.25, -0.2) is 4.79 Å². The summed E-state index contributed by atoms with van der Waals surface area (Å²) < 4.78 is 9.72. The van der Waals surface area contributed by atoms with Crippen molar-refractivity contribution in [2.75, 3.05) is 13.2 Å². The largest absolute Gasteiger partial charge is 0.480 e. The number of amides is 1. The summed E-state index contributed by atoms with van der Waals surface area (Å²) in [7, 11) is 0. The fourth-order valence-electron chi connectivity index (χ4n) is 3.08. The Morgan fingerprint density at radius 3 is 2.27 bits per heavy atom. The number of esters is 2. The van der Waals surface area contributed by atoms with Gasteiger partial charge >= 0.3 is 17.9 Å². The van der Waals surface area contributed by atoms with Crippen molar-refractivity contribution in [2.24, 2.45) is 5.92 Å². The lowest BCUT2D eigenvalue weighted by molar-refractivity contribution is -0.160. The van der Waals surface area contributed by atoms with Crippen molar-refractivity contribution >= 4 is 34.6 Å². The predicted octanol–water partition coefficient (Wildman–Crippen LogP) is 2.08. The number of nitrogens with one attached hydrogen (secondary N) is 1. The molecule has 0 aliphatic rings. The quantitative estimate of drug-likeness (QED) is 0.570. The van der Waals surface area contributed by atoms with Gasteiger partial charge in [-0.05, 0) is 30.2 Å². The van der Waals surface area contributed by atoms with E-state index >= 15 is 0 Å². The SMILES string of the molecule is CCOC(=O)C[C@H](C(=O)OCC)[C@@H](NC(=O)Cc1ccc2ccccc2c1)C(=O)O. The monoisotopic (exact) mass is 415 g/mol. The lowest BCUT2D eigenvalue weighted by atomic mass is 9.95. The fourth-order valence-corrected chi connectivity index (χ4v) is 3.08. The molecule has 0 aliphatic heterocycles. The third-order valence-corrected chi connectivity index (χ3v) is 4.44. The topological polar surface area (TPSA) is 119 Å². The molecule has 0 spiro atoms. The van der Waals surface area contributed by atoms with E-state index in [0.717, 1.165) is 10.8 Å². The second-order valence-corrected chi connectivity index (χ2v) is 6.61. The number of rotatable bonds is 10. The van der Waals surface area contributed by atoms with Gasteiger partial charge in [0.05, 0.1) is 32.0 Å². The lowest BCUT2D eigenvalue weighted by Gasteiger charge is -2.23. The van der Waals surface area contributed by atoms with Gasteiger partial charge in [-0.3, -0.25) is 14.4 Å². The number of carboxylic acids is 1. The summed E-state index contributed by atoms with van der Waals surface area (Å²) in [5, 5.41) is 13.9. The summed E-state index contributed by atoms with van der Waals surface area (Å²) in [5.41, 5.74) is 0.688. The zero-order valence-corrected chi connectivity index (χ0v) is 16.9. The van der Waals surface area contributed by atoms with Gasteiger partial charge in [0, 0.05) is 0 Å². The van der Waals surface area contributed by atoms with Crippen LogP contribution in [0, 0.1) is 5.92 Å². The molecule has 0 aliphatic carbocycles. The van der Waals surface area contributed by atoms with Crippen molar-refractivity contribution in [2.45, 2.75) is 32.7 Å². The summed E-state index contributed by atoms with van der Waals surface area (Å²) in [6.45, 7) is 3.25. The second kappa shape index (κ2) is 10.9. The summed E-state index contributed by atoms with van der Waals surface area (Å²) >= 11 is 0. The number of aliphatic carboxylic acids is 1. The smallest absolute Gasteiger partial charge is 0.327 e. The van der Waals surface area contributed by atoms with Gasteiger partial charge in [0.2, 0.25) is 5.91 Å². The van der Waals surface area contributed by atoms with Crippen molar-refractivity contribution < 1.29 is 33.8 Å². The van der Waals surface area contributed by atoms with E-state index < -0.39 is 42.2 Å². The van der Waals surface area contributed by atoms with Gasteiger partial charge in [0.25, 0.3) is 0 Å². The van der Waals surface area contributed by atoms with E-state index in [1.165, 1.54) is 0 Å². The normalized spacial score (nSPS) is 12.6. The Bertz CT molecular complexity index is 925. The minimum absolute atomic E-state index is 0.00946. The zero-order chi connectivity index (χ0) is 22.1. The summed E-state index contributed by atoms with van der Waals surface area (Å²) in [4.78, 5) is 48.4. The molecule has 0 unspecified atom stereocenters. The van der Waals surface area contributed by atoms with Crippen molar-refractivity contribution in [1.82, 2.24) is 5.32 Å². The average Bonchev–Trinajstić information content (AvgIpc) is 2.70. The standard InChI is InChI=1S/C22H25NO7/c1-3-29-19(25)13-17(22(28)30-4-2)20(21(26)27)23-18(24)12-14-9-10-15-7-5-6-8-16(15)11-14/h5-11,17,20H,3-4,12-13H2,1-2H3,(H,23,24)(H,26,27)/t17-,20+/m0/s1. The molecule has 0 saturated heterocycles. The maximum Gasteiger partial charge on any atom is 0.327 e. The molecule has 0 saturated carbocycles. The molecule has 0 aromatic heterocycles. The minimum Gasteiger partial charge on any atom is -0.480 e. The van der Waals surface area contributed by atoms with Crippen LogP contribution in [0.1, 0.15) is 25.8 Å². The third-order valence-electron chi connectivity index (χ3n) is 4.44. The molecular weight excluding hydrogens is 390 g/mol. The van der Waals surface area contributed by atoms with Crippen LogP contribution in [0.2, 0.25) is 0 Å². The summed E-state index contributed by atoms with van der Waals surface area (Å²) in [5.74, 6) is -5.06. The highest BCUT2D eigenvalue weighted by Gasteiger charge is 2.38. The van der Waals surface area contributed by atoms with Crippen molar-refractivity contribution in [3.63, 3.8) is 0 Å². The Morgan fingerprint density at radius 2 is 1.63 bits per heavy atom. The van der Waals surface area contributed by atoms with E-state index in [2.05, 4.69) is 5.32 Å². The van der Waals surface area contributed by atoms with E-state index in [1.807, 2.05) is 36.4 Å². The maximum atomic E-state index is 12.5. The molecular formula is C22H25NO7. The average molecular weight is 415 g/mol. The molecule has 0 fully saturated rings. The Balaban J connectivity index is 2.16. The van der Waals surface area contributed by atoms with Gasteiger partial charge in [0.1, 0.15) is 6.04 Å². The highest BCUT2D eigenvalue weighted by atomic mass is 16.5. The third kappa shape index (κ3) is 6.30. The number of carboxylic acid groups (broad SMARTS) is 1. The van der Waals surface area contributed by atoms with Crippen LogP contribution in [-0.2, 0) is 35.1 Å². The second-order valence-electron chi connectivity index (χ2n) is 6.61. The Labute approximate surface area is 174 Å². The Hall–Kier alpha value is -3.42. The van der Waals surface area contributed by atoms with Gasteiger partial charge in [-0.2, -0.15) is 0 Å². The van der Waals surface area contributed by atoms with E-state index in [0.29, 0.717) is 5.56 Å². The van der Waals surface area contributed by atoms with Crippen LogP contribution in [0.5, 0.6) is 0 Å². The van der Waals surface area contributed by atoms with Crippen LogP contribution >= 0.6 is 0 Å². The highest BCUT2D eigenvalue weighted by molar-refractivity contribution is 5.91. The molecule has 160 valence electrons. The van der Waals surface area contributed by atoms with Gasteiger partial charge < -0.3 is 19.9 Å². The van der Waals surface area contributed by atoms with Crippen LogP contribution in [0.25, 0.3) is 10.8 Å². The molecule has 2 aromatic rings. The van der Waals surface area contributed by atoms with Gasteiger partial charge in [-0.1, -0.05) is 42.5 Å². The highest BCUT2D eigenvalue weighted by Crippen LogP contribution is 2.17. The first-order chi connectivity index (χ1) is 14.3. The summed E-state index contributed by atoms with van der Waals surface area (Å²) in [6.07, 6.45) is -0.594. The van der Waals surface area contributed by atoms with Crippen LogP contribution < -0.4 is 5.32 Å². The van der Waals surface area contributed by atoms with Crippen LogP contribution in [0.3, 0.4) is 0 Å². The Morgan fingerprint density at radius 1 is 0.967 bits per heavy atom. The molecule has 0 radical (unpaired) electrons. The minimum atomic E-state index is -1.62. The number of fused-ring (bicyclic) bond motifs is 1. The van der Waals surface area contributed by atoms with Crippen molar-refractivity contribution in [3.8, 4) is 0 Å². The van der Waals surface area contributed by atoms with Crippen LogP contribution in [-0.4, -0.2) is 48.2 Å². The molecule has 2 rings (SSSR count).